The van der Waals surface area contributed by atoms with E-state index in [0.29, 0.717) is 17.8 Å². The van der Waals surface area contributed by atoms with Crippen LogP contribution in [0.3, 0.4) is 0 Å². The zero-order chi connectivity index (χ0) is 18.9. The number of nitrogens with zero attached hydrogens (tertiary/aromatic N) is 1. The van der Waals surface area contributed by atoms with Gasteiger partial charge in [0.05, 0.1) is 16.4 Å². The van der Waals surface area contributed by atoms with Crippen LogP contribution in [0.4, 0.5) is 0 Å². The Hall–Kier alpha value is -1.66. The van der Waals surface area contributed by atoms with Crippen molar-refractivity contribution in [1.29, 1.82) is 0 Å². The quantitative estimate of drug-likeness (QED) is 0.795. The Morgan fingerprint density at radius 3 is 2.38 bits per heavy atom. The number of sulfone groups is 1. The molecule has 0 bridgehead atoms. The average Bonchev–Trinajstić information content (AvgIpc) is 3.21. The van der Waals surface area contributed by atoms with Gasteiger partial charge in [0, 0.05) is 12.6 Å². The SMILES string of the molecule is CC(C)(C)c1ccc(CN(C(=O)c2cccs2)[C@@H]2CCS(=O)(=O)C2)cc1. The fraction of sp³-hybridized carbons (Fsp3) is 0.450. The van der Waals surface area contributed by atoms with Gasteiger partial charge in [-0.15, -0.1) is 11.3 Å². The van der Waals surface area contributed by atoms with E-state index in [-0.39, 0.29) is 28.9 Å². The lowest BCUT2D eigenvalue weighted by Gasteiger charge is -2.28. The van der Waals surface area contributed by atoms with Crippen molar-refractivity contribution in [3.63, 3.8) is 0 Å². The molecular weight excluding hydrogens is 366 g/mol. The average molecular weight is 392 g/mol. The van der Waals surface area contributed by atoms with Crippen LogP contribution in [0.5, 0.6) is 0 Å². The van der Waals surface area contributed by atoms with Crippen LogP contribution < -0.4 is 0 Å². The highest BCUT2D eigenvalue weighted by Crippen LogP contribution is 2.26. The van der Waals surface area contributed by atoms with Crippen molar-refractivity contribution in [3.05, 3.63) is 57.8 Å². The van der Waals surface area contributed by atoms with Gasteiger partial charge in [0.2, 0.25) is 0 Å². The summed E-state index contributed by atoms with van der Waals surface area (Å²) >= 11 is 1.39. The molecule has 0 unspecified atom stereocenters. The molecule has 1 atom stereocenters. The second kappa shape index (κ2) is 7.16. The third-order valence-corrected chi connectivity index (χ3v) is 7.42. The van der Waals surface area contributed by atoms with Crippen LogP contribution >= 0.6 is 11.3 Å². The standard InChI is InChI=1S/C20H25NO3S2/c1-20(2,3)16-8-6-15(7-9-16)13-21(17-10-12-26(23,24)14-17)19(22)18-5-4-11-25-18/h4-9,11,17H,10,12-14H2,1-3H3/t17-/m1/s1. The summed E-state index contributed by atoms with van der Waals surface area (Å²) in [4.78, 5) is 15.4. The summed E-state index contributed by atoms with van der Waals surface area (Å²) in [5.41, 5.74) is 2.33. The molecule has 2 heterocycles. The van der Waals surface area contributed by atoms with Crippen LogP contribution in [-0.4, -0.2) is 36.8 Å². The maximum absolute atomic E-state index is 13.0. The van der Waals surface area contributed by atoms with E-state index in [1.54, 1.807) is 11.0 Å². The van der Waals surface area contributed by atoms with Gasteiger partial charge < -0.3 is 4.90 Å². The fourth-order valence-corrected chi connectivity index (χ4v) is 5.65. The molecule has 3 rings (SSSR count). The molecule has 140 valence electrons. The van der Waals surface area contributed by atoms with Gasteiger partial charge in [0.15, 0.2) is 9.84 Å². The molecule has 0 spiro atoms. The molecule has 1 saturated heterocycles. The number of amides is 1. The summed E-state index contributed by atoms with van der Waals surface area (Å²) in [7, 11) is -3.05. The summed E-state index contributed by atoms with van der Waals surface area (Å²) in [6.07, 6.45) is 0.513. The molecule has 0 radical (unpaired) electrons. The lowest BCUT2D eigenvalue weighted by Crippen LogP contribution is -2.40. The van der Waals surface area contributed by atoms with Gasteiger partial charge in [-0.2, -0.15) is 0 Å². The smallest absolute Gasteiger partial charge is 0.264 e. The third-order valence-electron chi connectivity index (χ3n) is 4.81. The number of carbonyl (C=O) groups is 1. The topological polar surface area (TPSA) is 54.5 Å². The van der Waals surface area contributed by atoms with Crippen LogP contribution in [-0.2, 0) is 21.8 Å². The molecule has 6 heteroatoms. The number of carbonyl (C=O) groups excluding carboxylic acids is 1. The van der Waals surface area contributed by atoms with Crippen molar-refractivity contribution in [2.75, 3.05) is 11.5 Å². The van der Waals surface area contributed by atoms with Gasteiger partial charge in [0.1, 0.15) is 0 Å². The second-order valence-corrected chi connectivity index (χ2v) is 11.1. The van der Waals surface area contributed by atoms with Crippen molar-refractivity contribution in [2.45, 2.75) is 45.2 Å². The zero-order valence-electron chi connectivity index (χ0n) is 15.4. The van der Waals surface area contributed by atoms with E-state index < -0.39 is 9.84 Å². The van der Waals surface area contributed by atoms with Crippen molar-refractivity contribution < 1.29 is 13.2 Å². The van der Waals surface area contributed by atoms with Gasteiger partial charge in [0.25, 0.3) is 5.91 Å². The minimum absolute atomic E-state index is 0.0597. The Balaban J connectivity index is 1.85. The Labute approximate surface area is 159 Å². The van der Waals surface area contributed by atoms with Crippen LogP contribution in [0.1, 0.15) is 48.0 Å². The normalized spacial score (nSPS) is 19.4. The van der Waals surface area contributed by atoms with Gasteiger partial charge in [-0.25, -0.2) is 8.42 Å². The summed E-state index contributed by atoms with van der Waals surface area (Å²) in [5.74, 6) is 0.140. The summed E-state index contributed by atoms with van der Waals surface area (Å²) in [5, 5.41) is 1.87. The second-order valence-electron chi connectivity index (χ2n) is 7.91. The van der Waals surface area contributed by atoms with Crippen molar-refractivity contribution in [1.82, 2.24) is 4.90 Å². The molecule has 2 aromatic rings. The minimum atomic E-state index is -3.05. The highest BCUT2D eigenvalue weighted by molar-refractivity contribution is 7.91. The van der Waals surface area contributed by atoms with Crippen LogP contribution in [0.15, 0.2) is 41.8 Å². The Kier molecular flexibility index (Phi) is 5.26. The van der Waals surface area contributed by atoms with E-state index in [4.69, 9.17) is 0 Å². The molecule has 4 nitrogen and oxygen atoms in total. The molecule has 0 saturated carbocycles. The molecule has 0 aliphatic carbocycles. The first-order valence-corrected chi connectivity index (χ1v) is 11.5. The van der Waals surface area contributed by atoms with E-state index in [9.17, 15) is 13.2 Å². The largest absolute Gasteiger partial charge is 0.330 e. The van der Waals surface area contributed by atoms with Gasteiger partial charge in [-0.05, 0) is 34.4 Å². The van der Waals surface area contributed by atoms with Crippen molar-refractivity contribution in [2.24, 2.45) is 0 Å². The maximum Gasteiger partial charge on any atom is 0.264 e. The monoisotopic (exact) mass is 391 g/mol. The highest BCUT2D eigenvalue weighted by atomic mass is 32.2. The van der Waals surface area contributed by atoms with E-state index in [0.717, 1.165) is 5.56 Å². The zero-order valence-corrected chi connectivity index (χ0v) is 17.1. The molecule has 1 amide bonds. The van der Waals surface area contributed by atoms with E-state index in [1.807, 2.05) is 23.6 Å². The Morgan fingerprint density at radius 1 is 1.19 bits per heavy atom. The summed E-state index contributed by atoms with van der Waals surface area (Å²) < 4.78 is 23.9. The number of benzene rings is 1. The van der Waals surface area contributed by atoms with Crippen LogP contribution in [0.2, 0.25) is 0 Å². The molecular formula is C20H25NO3S2. The van der Waals surface area contributed by atoms with Gasteiger partial charge >= 0.3 is 0 Å². The predicted octanol–water partition coefficient (Wildman–Crippen LogP) is 3.88. The van der Waals surface area contributed by atoms with E-state index >= 15 is 0 Å². The molecule has 1 aliphatic rings. The first-order chi connectivity index (χ1) is 12.2. The summed E-state index contributed by atoms with van der Waals surface area (Å²) in [6, 6.07) is 11.7. The number of hydrogen-bond donors (Lipinski definition) is 0. The third kappa shape index (κ3) is 4.35. The molecule has 26 heavy (non-hydrogen) atoms. The maximum atomic E-state index is 13.0. The molecule has 1 aliphatic heterocycles. The highest BCUT2D eigenvalue weighted by Gasteiger charge is 2.35. The molecule has 1 aromatic heterocycles. The lowest BCUT2D eigenvalue weighted by atomic mass is 9.86. The van der Waals surface area contributed by atoms with E-state index in [2.05, 4.69) is 32.9 Å². The van der Waals surface area contributed by atoms with Crippen molar-refractivity contribution >= 4 is 27.1 Å². The van der Waals surface area contributed by atoms with Gasteiger partial charge in [-0.3, -0.25) is 4.79 Å². The first-order valence-electron chi connectivity index (χ1n) is 8.80. The summed E-state index contributed by atoms with van der Waals surface area (Å²) in [6.45, 7) is 6.93. The van der Waals surface area contributed by atoms with Crippen molar-refractivity contribution in [3.8, 4) is 0 Å². The lowest BCUT2D eigenvalue weighted by molar-refractivity contribution is 0.0686. The Bertz CT molecular complexity index is 863. The molecule has 1 aromatic carbocycles. The van der Waals surface area contributed by atoms with E-state index in [1.165, 1.54) is 16.9 Å². The number of hydrogen-bond acceptors (Lipinski definition) is 4. The van der Waals surface area contributed by atoms with Crippen LogP contribution in [0.25, 0.3) is 0 Å². The first kappa shape index (κ1) is 19.1. The Morgan fingerprint density at radius 2 is 1.88 bits per heavy atom. The number of rotatable bonds is 4. The van der Waals surface area contributed by atoms with Crippen LogP contribution in [0, 0.1) is 0 Å². The molecule has 1 fully saturated rings. The predicted molar refractivity (Wildman–Crippen MR) is 106 cm³/mol. The fourth-order valence-electron chi connectivity index (χ4n) is 3.24. The van der Waals surface area contributed by atoms with Gasteiger partial charge in [-0.1, -0.05) is 51.1 Å². The minimum Gasteiger partial charge on any atom is -0.330 e. The molecule has 0 N–H and O–H groups in total. The number of thiophene rings is 1.